The van der Waals surface area contributed by atoms with Crippen molar-refractivity contribution in [2.24, 2.45) is 0 Å². The molecule has 0 rings (SSSR count). The molecule has 0 spiro atoms. The third-order valence-electron chi connectivity index (χ3n) is 1.20. The molecule has 0 bridgehead atoms. The fourth-order valence-corrected chi connectivity index (χ4v) is 1.28. The Labute approximate surface area is 83.8 Å². The molecule has 0 fully saturated rings. The van der Waals surface area contributed by atoms with E-state index in [2.05, 4.69) is 0 Å². The highest BCUT2D eigenvalue weighted by molar-refractivity contribution is 6.36. The van der Waals surface area contributed by atoms with Gasteiger partial charge in [0.1, 0.15) is 0 Å². The van der Waals surface area contributed by atoms with Gasteiger partial charge in [-0.3, -0.25) is 4.90 Å². The summed E-state index contributed by atoms with van der Waals surface area (Å²) in [5.41, 5.74) is 0.640. The van der Waals surface area contributed by atoms with Gasteiger partial charge in [0.2, 0.25) is 0 Å². The molecule has 72 valence electrons. The minimum atomic E-state index is -0.696. The van der Waals surface area contributed by atoms with Crippen molar-refractivity contribution in [1.29, 1.82) is 0 Å². The molecule has 0 aliphatic rings. The van der Waals surface area contributed by atoms with Gasteiger partial charge in [-0.2, -0.15) is 0 Å². The maximum Gasteiger partial charge on any atom is 0.0718 e. The highest BCUT2D eigenvalue weighted by atomic mass is 35.5. The van der Waals surface area contributed by atoms with Gasteiger partial charge in [0.25, 0.3) is 0 Å². The summed E-state index contributed by atoms with van der Waals surface area (Å²) in [5.74, 6) is 0. The van der Waals surface area contributed by atoms with Gasteiger partial charge >= 0.3 is 0 Å². The van der Waals surface area contributed by atoms with Crippen LogP contribution in [0, 0.1) is 0 Å². The Kier molecular flexibility index (Phi) is 5.18. The van der Waals surface area contributed by atoms with Crippen LogP contribution in [0.15, 0.2) is 10.6 Å². The first-order chi connectivity index (χ1) is 5.35. The monoisotopic (exact) mass is 211 g/mol. The Hall–Kier alpha value is 0.240. The minimum absolute atomic E-state index is 0.563. The lowest BCUT2D eigenvalue weighted by Gasteiger charge is -2.24. The van der Waals surface area contributed by atoms with Crippen LogP contribution in [0.3, 0.4) is 0 Å². The predicted octanol–water partition coefficient (Wildman–Crippen LogP) is 2.01. The van der Waals surface area contributed by atoms with Crippen LogP contribution < -0.4 is 0 Å². The molecule has 0 aromatic carbocycles. The van der Waals surface area contributed by atoms with E-state index in [1.165, 1.54) is 5.54 Å². The topological polar surface area (TPSA) is 23.5 Å². The Morgan fingerprint density at radius 3 is 2.42 bits per heavy atom. The summed E-state index contributed by atoms with van der Waals surface area (Å²) in [4.78, 5) is 1.90. The van der Waals surface area contributed by atoms with Crippen molar-refractivity contribution in [1.82, 2.24) is 4.90 Å². The van der Waals surface area contributed by atoms with Crippen LogP contribution in [-0.2, 0) is 0 Å². The third kappa shape index (κ3) is 6.92. The van der Waals surface area contributed by atoms with Crippen LogP contribution in [0.25, 0.3) is 0 Å². The number of halogens is 2. The third-order valence-corrected chi connectivity index (χ3v) is 1.80. The first-order valence-corrected chi connectivity index (χ1v) is 4.52. The first-order valence-electron chi connectivity index (χ1n) is 3.71. The van der Waals surface area contributed by atoms with Gasteiger partial charge in [-0.15, -0.1) is 0 Å². The van der Waals surface area contributed by atoms with E-state index in [-0.39, 0.29) is 0 Å². The number of rotatable bonds is 4. The molecular formula is C8H15Cl2NO. The van der Waals surface area contributed by atoms with Crippen LogP contribution in [0.1, 0.15) is 13.8 Å². The standard InChI is InChI=1S/C8H15Cl2NO/c1-8(2,12)6-11(3)5-7(10)4-9/h4,12H,5-6H2,1-3H3. The van der Waals surface area contributed by atoms with E-state index < -0.39 is 5.60 Å². The van der Waals surface area contributed by atoms with Gasteiger partial charge in [0, 0.05) is 23.7 Å². The fourth-order valence-electron chi connectivity index (χ4n) is 1.01. The lowest BCUT2D eigenvalue weighted by molar-refractivity contribution is 0.0477. The molecule has 1 N–H and O–H groups in total. The normalized spacial score (nSPS) is 14.1. The SMILES string of the molecule is CN(CC(Cl)=CCl)CC(C)(C)O. The van der Waals surface area contributed by atoms with Gasteiger partial charge in [-0.25, -0.2) is 0 Å². The zero-order valence-electron chi connectivity index (χ0n) is 7.64. The molecule has 12 heavy (non-hydrogen) atoms. The average molecular weight is 212 g/mol. The average Bonchev–Trinajstić information content (AvgIpc) is 1.82. The maximum absolute atomic E-state index is 9.44. The summed E-state index contributed by atoms with van der Waals surface area (Å²) in [7, 11) is 1.88. The number of hydrogen-bond donors (Lipinski definition) is 1. The van der Waals surface area contributed by atoms with Gasteiger partial charge < -0.3 is 5.11 Å². The van der Waals surface area contributed by atoms with Gasteiger partial charge in [-0.05, 0) is 20.9 Å². The van der Waals surface area contributed by atoms with E-state index in [0.717, 1.165) is 0 Å². The zero-order valence-corrected chi connectivity index (χ0v) is 9.15. The van der Waals surface area contributed by atoms with Crippen LogP contribution in [0.5, 0.6) is 0 Å². The summed E-state index contributed by atoms with van der Waals surface area (Å²) in [6.07, 6.45) is 0. The van der Waals surface area contributed by atoms with Crippen LogP contribution in [-0.4, -0.2) is 35.7 Å². The summed E-state index contributed by atoms with van der Waals surface area (Å²) in [5, 5.41) is 10.0. The van der Waals surface area contributed by atoms with Crippen molar-refractivity contribution in [2.45, 2.75) is 19.4 Å². The zero-order chi connectivity index (χ0) is 9.78. The molecule has 0 heterocycles. The largest absolute Gasteiger partial charge is 0.389 e. The molecule has 0 aromatic rings. The molecule has 0 aliphatic carbocycles. The number of hydrogen-bond acceptors (Lipinski definition) is 2. The molecule has 4 heteroatoms. The molecular weight excluding hydrogens is 197 g/mol. The Morgan fingerprint density at radius 1 is 1.58 bits per heavy atom. The van der Waals surface area contributed by atoms with Gasteiger partial charge in [0.15, 0.2) is 0 Å². The lowest BCUT2D eigenvalue weighted by Crippen LogP contribution is -2.36. The molecule has 0 saturated heterocycles. The van der Waals surface area contributed by atoms with Crippen molar-refractivity contribution in [3.63, 3.8) is 0 Å². The van der Waals surface area contributed by atoms with Crippen LogP contribution in [0.2, 0.25) is 0 Å². The van der Waals surface area contributed by atoms with E-state index >= 15 is 0 Å². The van der Waals surface area contributed by atoms with Crippen LogP contribution >= 0.6 is 23.2 Å². The van der Waals surface area contributed by atoms with Crippen molar-refractivity contribution in [3.05, 3.63) is 10.6 Å². The summed E-state index contributed by atoms with van der Waals surface area (Å²) in [6.45, 7) is 4.63. The quantitative estimate of drug-likeness (QED) is 0.770. The van der Waals surface area contributed by atoms with E-state index in [9.17, 15) is 5.11 Å². The minimum Gasteiger partial charge on any atom is -0.389 e. The maximum atomic E-state index is 9.44. The molecule has 0 atom stereocenters. The molecule has 2 nitrogen and oxygen atoms in total. The van der Waals surface area contributed by atoms with Crippen molar-refractivity contribution >= 4 is 23.2 Å². The van der Waals surface area contributed by atoms with E-state index in [4.69, 9.17) is 23.2 Å². The van der Waals surface area contributed by atoms with Crippen molar-refractivity contribution < 1.29 is 5.11 Å². The predicted molar refractivity (Wildman–Crippen MR) is 53.6 cm³/mol. The van der Waals surface area contributed by atoms with Crippen LogP contribution in [0.4, 0.5) is 0 Å². The summed E-state index contributed by atoms with van der Waals surface area (Å²) >= 11 is 11.1. The highest BCUT2D eigenvalue weighted by Gasteiger charge is 2.15. The molecule has 0 aliphatic heterocycles. The smallest absolute Gasteiger partial charge is 0.0718 e. The summed E-state index contributed by atoms with van der Waals surface area (Å²) < 4.78 is 0. The molecule has 0 amide bonds. The second-order valence-corrected chi connectivity index (χ2v) is 4.24. The lowest BCUT2D eigenvalue weighted by atomic mass is 10.1. The summed E-state index contributed by atoms with van der Waals surface area (Å²) in [6, 6.07) is 0. The van der Waals surface area contributed by atoms with E-state index in [1.54, 1.807) is 13.8 Å². The second kappa shape index (κ2) is 5.07. The van der Waals surface area contributed by atoms with Gasteiger partial charge in [-0.1, -0.05) is 23.2 Å². The molecule has 0 radical (unpaired) electrons. The Bertz CT molecular complexity index is 163. The first kappa shape index (κ1) is 12.2. The van der Waals surface area contributed by atoms with E-state index in [1.807, 2.05) is 11.9 Å². The van der Waals surface area contributed by atoms with Gasteiger partial charge in [0.05, 0.1) is 5.60 Å². The molecule has 0 aromatic heterocycles. The molecule has 0 unspecified atom stereocenters. The highest BCUT2D eigenvalue weighted by Crippen LogP contribution is 2.08. The van der Waals surface area contributed by atoms with E-state index in [0.29, 0.717) is 18.1 Å². The fraction of sp³-hybridized carbons (Fsp3) is 0.750. The second-order valence-electron chi connectivity index (χ2n) is 3.54. The van der Waals surface area contributed by atoms with Crippen molar-refractivity contribution in [2.75, 3.05) is 20.1 Å². The Balaban J connectivity index is 3.82. The van der Waals surface area contributed by atoms with Crippen molar-refractivity contribution in [3.8, 4) is 0 Å². The number of aliphatic hydroxyl groups is 1. The number of likely N-dealkylation sites (N-methyl/N-ethyl adjacent to an activating group) is 1. The Morgan fingerprint density at radius 2 is 2.08 bits per heavy atom. The molecule has 0 saturated carbocycles. The number of nitrogens with zero attached hydrogens (tertiary/aromatic N) is 1.